The Morgan fingerprint density at radius 2 is 0.473 bits per heavy atom. The van der Waals surface area contributed by atoms with E-state index in [4.69, 9.17) is 0 Å². The van der Waals surface area contributed by atoms with Crippen molar-refractivity contribution in [1.82, 2.24) is 28.7 Å². The Labute approximate surface area is 531 Å². The molecule has 6 nitrogen and oxygen atoms in total. The van der Waals surface area contributed by atoms with E-state index in [-0.39, 0.29) is 0 Å². The highest BCUT2D eigenvalue weighted by molar-refractivity contribution is 9.10. The predicted octanol–water partition coefficient (Wildman–Crippen LogP) is 23.4. The second-order valence-corrected chi connectivity index (χ2v) is 24.5. The van der Waals surface area contributed by atoms with Crippen LogP contribution in [-0.2, 0) is 0 Å². The van der Waals surface area contributed by atoms with Crippen LogP contribution in [0, 0.1) is 0 Å². The highest BCUT2D eigenvalue weighted by Crippen LogP contribution is 2.41. The van der Waals surface area contributed by atoms with E-state index in [0.717, 1.165) is 10.2 Å². The van der Waals surface area contributed by atoms with Crippen molar-refractivity contribution in [3.05, 3.63) is 320 Å². The third-order valence-corrected chi connectivity index (χ3v) is 18.9. The molecule has 20 aromatic rings. The van der Waals surface area contributed by atoms with Gasteiger partial charge in [0.1, 0.15) is 0 Å². The van der Waals surface area contributed by atoms with Gasteiger partial charge in [-0.25, -0.2) is 0 Å². The summed E-state index contributed by atoms with van der Waals surface area (Å²) in [5, 5.41) is 15.2. The van der Waals surface area contributed by atoms with E-state index in [0.29, 0.717) is 0 Å². The highest BCUT2D eigenvalue weighted by atomic mass is 79.9. The summed E-state index contributed by atoms with van der Waals surface area (Å²) in [4.78, 5) is 10.6. The fraction of sp³-hybridized carbons (Fsp3) is 0. The normalized spacial score (nSPS) is 11.8. The van der Waals surface area contributed by atoms with Crippen molar-refractivity contribution < 1.29 is 0 Å². The van der Waals surface area contributed by atoms with Crippen LogP contribution in [0.25, 0.3) is 170 Å². The average molecular weight is 1230 g/mol. The molecule has 0 spiro atoms. The molecule has 0 saturated heterocycles. The summed E-state index contributed by atoms with van der Waals surface area (Å²) in [6.45, 7) is 0. The SMILES string of the molecule is Brc1ccc2c(c1)c1ccccc1n2-c1ccccc1.c1ccc(-n2c3ccccc3c3cc(-n4c5ccccc5c5cc(-c6ccc7[nH]c8ccccc8c7c6)ccc54)ccc32)cc1.c1ccc2c(c1)[nH]c1ccc(-c3ccc4[nH]c5ccccc5c4c3)cc12. The summed E-state index contributed by atoms with van der Waals surface area (Å²) in [7, 11) is 0. The van der Waals surface area contributed by atoms with Crippen molar-refractivity contribution >= 4 is 147 Å². The lowest BCUT2D eigenvalue weighted by Gasteiger charge is -2.10. The Balaban J connectivity index is 0.000000112. The molecule has 20 rings (SSSR count). The van der Waals surface area contributed by atoms with Crippen LogP contribution in [0.4, 0.5) is 0 Å². The van der Waals surface area contributed by atoms with Gasteiger partial charge in [-0.15, -0.1) is 0 Å². The van der Waals surface area contributed by atoms with Crippen LogP contribution in [0.15, 0.2) is 320 Å². The summed E-state index contributed by atoms with van der Waals surface area (Å²) < 4.78 is 8.22. The first kappa shape index (κ1) is 52.5. The van der Waals surface area contributed by atoms with Gasteiger partial charge in [0.2, 0.25) is 0 Å². The van der Waals surface area contributed by atoms with Crippen molar-refractivity contribution in [2.24, 2.45) is 0 Å². The van der Waals surface area contributed by atoms with Crippen LogP contribution >= 0.6 is 15.9 Å². The van der Waals surface area contributed by atoms with Crippen LogP contribution in [-0.4, -0.2) is 28.7 Å². The van der Waals surface area contributed by atoms with Crippen LogP contribution in [0.1, 0.15) is 0 Å². The summed E-state index contributed by atoms with van der Waals surface area (Å²) in [5.41, 5.74) is 22.9. The van der Waals surface area contributed by atoms with Crippen LogP contribution in [0.2, 0.25) is 0 Å². The van der Waals surface area contributed by atoms with E-state index >= 15 is 0 Å². The molecule has 6 aromatic heterocycles. The maximum Gasteiger partial charge on any atom is 0.0542 e. The maximum absolute atomic E-state index is 3.57. The number of rotatable bonds is 5. The molecule has 0 radical (unpaired) electrons. The first-order valence-corrected chi connectivity index (χ1v) is 31.7. The molecule has 0 aliphatic rings. The molecule has 6 heterocycles. The second-order valence-electron chi connectivity index (χ2n) is 23.6. The van der Waals surface area contributed by atoms with Gasteiger partial charge in [0.05, 0.1) is 33.1 Å². The van der Waals surface area contributed by atoms with Gasteiger partial charge in [-0.3, -0.25) is 0 Å². The summed E-state index contributed by atoms with van der Waals surface area (Å²) in [6, 6.07) is 113. The third-order valence-electron chi connectivity index (χ3n) is 18.4. The Hall–Kier alpha value is -11.6. The zero-order valence-corrected chi connectivity index (χ0v) is 50.8. The molecule has 3 N–H and O–H groups in total. The molecular weight excluding hydrogens is 1170 g/mol. The van der Waals surface area contributed by atoms with Crippen molar-refractivity contribution in [2.75, 3.05) is 0 Å². The highest BCUT2D eigenvalue weighted by Gasteiger charge is 2.19. The number of hydrogen-bond acceptors (Lipinski definition) is 0. The van der Waals surface area contributed by atoms with Gasteiger partial charge in [-0.05, 0) is 168 Å². The van der Waals surface area contributed by atoms with E-state index in [1.54, 1.807) is 0 Å². The fourth-order valence-electron chi connectivity index (χ4n) is 14.3. The Morgan fingerprint density at radius 1 is 0.187 bits per heavy atom. The Morgan fingerprint density at radius 3 is 0.901 bits per heavy atom. The predicted molar refractivity (Wildman–Crippen MR) is 389 cm³/mol. The average Bonchev–Trinajstić information content (AvgIpc) is 1.73. The van der Waals surface area contributed by atoms with E-state index < -0.39 is 0 Å². The Bertz CT molecular complexity index is 6120. The number of halogens is 1. The number of aromatic nitrogens is 6. The van der Waals surface area contributed by atoms with Crippen LogP contribution in [0.5, 0.6) is 0 Å². The monoisotopic (exact) mass is 1230 g/mol. The fourth-order valence-corrected chi connectivity index (χ4v) is 14.6. The first-order valence-electron chi connectivity index (χ1n) is 30.9. The second kappa shape index (κ2) is 21.3. The molecule has 0 fully saturated rings. The number of fused-ring (bicyclic) bond motifs is 18. The smallest absolute Gasteiger partial charge is 0.0542 e. The summed E-state index contributed by atoms with van der Waals surface area (Å²) >= 11 is 3.57. The topological polar surface area (TPSA) is 62.2 Å². The van der Waals surface area contributed by atoms with E-state index in [2.05, 4.69) is 354 Å². The molecule has 0 aliphatic heterocycles. The molecule has 0 unspecified atom stereocenters. The lowest BCUT2D eigenvalue weighted by atomic mass is 10.0. The molecule has 0 aliphatic carbocycles. The number of H-pyrrole nitrogens is 3. The molecule has 0 amide bonds. The number of aromatic amines is 3. The minimum absolute atomic E-state index is 1.11. The zero-order valence-electron chi connectivity index (χ0n) is 49.2. The van der Waals surface area contributed by atoms with E-state index in [1.807, 2.05) is 6.07 Å². The van der Waals surface area contributed by atoms with Gasteiger partial charge in [-0.2, -0.15) is 0 Å². The number of para-hydroxylation sites is 8. The molecular formula is C84H55BrN6. The summed E-state index contributed by atoms with van der Waals surface area (Å²) in [6.07, 6.45) is 0. The molecule has 7 heteroatoms. The first-order chi connectivity index (χ1) is 45.0. The third kappa shape index (κ3) is 8.76. The van der Waals surface area contributed by atoms with Crippen molar-refractivity contribution in [1.29, 1.82) is 0 Å². The lowest BCUT2D eigenvalue weighted by Crippen LogP contribution is -1.95. The van der Waals surface area contributed by atoms with Gasteiger partial charge < -0.3 is 28.7 Å². The lowest BCUT2D eigenvalue weighted by molar-refractivity contribution is 1.17. The summed E-state index contributed by atoms with van der Waals surface area (Å²) in [5.74, 6) is 0. The molecule has 0 atom stereocenters. The number of nitrogens with one attached hydrogen (secondary N) is 3. The van der Waals surface area contributed by atoms with Gasteiger partial charge in [0.25, 0.3) is 0 Å². The largest absolute Gasteiger partial charge is 0.355 e. The molecule has 0 bridgehead atoms. The van der Waals surface area contributed by atoms with Gasteiger partial charge in [0, 0.05) is 119 Å². The van der Waals surface area contributed by atoms with Crippen LogP contribution in [0.3, 0.4) is 0 Å². The molecule has 0 saturated carbocycles. The van der Waals surface area contributed by atoms with E-state index in [9.17, 15) is 0 Å². The molecule has 14 aromatic carbocycles. The van der Waals surface area contributed by atoms with Crippen LogP contribution < -0.4 is 0 Å². The number of benzene rings is 14. The maximum atomic E-state index is 3.57. The quantitative estimate of drug-likeness (QED) is 0.154. The van der Waals surface area contributed by atoms with Crippen molar-refractivity contribution in [2.45, 2.75) is 0 Å². The molecule has 91 heavy (non-hydrogen) atoms. The van der Waals surface area contributed by atoms with Gasteiger partial charge in [-0.1, -0.05) is 186 Å². The minimum atomic E-state index is 1.11. The Kier molecular flexibility index (Phi) is 12.3. The van der Waals surface area contributed by atoms with Crippen molar-refractivity contribution in [3.63, 3.8) is 0 Å². The standard InChI is InChI=1S/C42H27N3.C24H16N2.C18H12BrN/c1-2-10-29(11-3-1)44-39-16-8-6-14-33(39)36-26-30(20-23-42(36)44)45-40-17-9-5-13-32(40)35-25-28(19-22-41(35)45)27-18-21-38-34(24-27)31-12-4-7-15-37(31)43-38;1-3-7-21-17(5-1)19-13-15(9-11-23(19)25-21)16-10-12-24-20(14-16)18-6-2-4-8-22(18)26-24;19-13-10-11-18-16(12-13)15-8-4-5-9-17(15)20(18)14-6-2-1-3-7-14/h1-26,43H;1-14,25-26H;1-12H. The number of nitrogens with zero attached hydrogens (tertiary/aromatic N) is 3. The van der Waals surface area contributed by atoms with Gasteiger partial charge >= 0.3 is 0 Å². The number of hydrogen-bond donors (Lipinski definition) is 3. The van der Waals surface area contributed by atoms with E-state index in [1.165, 1.54) is 164 Å². The minimum Gasteiger partial charge on any atom is -0.355 e. The van der Waals surface area contributed by atoms with Gasteiger partial charge in [0.15, 0.2) is 0 Å². The van der Waals surface area contributed by atoms with Crippen molar-refractivity contribution in [3.8, 4) is 39.3 Å². The zero-order chi connectivity index (χ0) is 60.1. The molecule has 428 valence electrons.